The highest BCUT2D eigenvalue weighted by Gasteiger charge is 2.24. The second kappa shape index (κ2) is 6.56. The number of ether oxygens (including phenoxy) is 1. The van der Waals surface area contributed by atoms with Crippen LogP contribution in [0, 0.1) is 23.3 Å². The molecule has 8 heteroatoms. The second-order valence-corrected chi connectivity index (χ2v) is 5.95. The van der Waals surface area contributed by atoms with Crippen LogP contribution in [0.1, 0.15) is 10.4 Å². The summed E-state index contributed by atoms with van der Waals surface area (Å²) in [5, 5.41) is 3.85. The van der Waals surface area contributed by atoms with Crippen LogP contribution < -0.4 is 10.1 Å². The number of carbonyl (C=O) groups is 1. The number of furan rings is 1. The van der Waals surface area contributed by atoms with Gasteiger partial charge in [-0.05, 0) is 18.2 Å². The van der Waals surface area contributed by atoms with Gasteiger partial charge in [0.15, 0.2) is 23.3 Å². The Morgan fingerprint density at radius 1 is 0.929 bits per heavy atom. The summed E-state index contributed by atoms with van der Waals surface area (Å²) in [6.07, 6.45) is 0. The molecular weight excluding hydrogens is 378 g/mol. The minimum absolute atomic E-state index is 0.0867. The van der Waals surface area contributed by atoms with Crippen LogP contribution in [0.2, 0.25) is 0 Å². The number of hydrogen-bond donors (Lipinski definition) is 1. The number of benzene rings is 3. The number of amides is 1. The minimum atomic E-state index is -2.06. The van der Waals surface area contributed by atoms with Gasteiger partial charge >= 0.3 is 0 Å². The number of methoxy groups -OCH3 is 1. The molecule has 1 aromatic heterocycles. The molecule has 0 spiro atoms. The maximum atomic E-state index is 13.9. The number of hydrogen-bond acceptors (Lipinski definition) is 3. The van der Waals surface area contributed by atoms with Gasteiger partial charge in [0.2, 0.25) is 0 Å². The van der Waals surface area contributed by atoms with E-state index in [1.165, 1.54) is 13.2 Å². The number of rotatable bonds is 3. The predicted octanol–water partition coefficient (Wildman–Crippen LogP) is 5.40. The van der Waals surface area contributed by atoms with Crippen LogP contribution >= 0.6 is 0 Å². The number of para-hydroxylation sites is 1. The Morgan fingerprint density at radius 3 is 2.43 bits per heavy atom. The Morgan fingerprint density at radius 2 is 1.68 bits per heavy atom. The maximum absolute atomic E-state index is 13.9. The van der Waals surface area contributed by atoms with Gasteiger partial charge in [0.05, 0.1) is 18.4 Å². The van der Waals surface area contributed by atoms with Crippen molar-refractivity contribution < 1.29 is 31.5 Å². The summed E-state index contributed by atoms with van der Waals surface area (Å²) < 4.78 is 64.7. The first kappa shape index (κ1) is 17.8. The van der Waals surface area contributed by atoms with Gasteiger partial charge in [-0.15, -0.1) is 0 Å². The Balaban J connectivity index is 1.79. The third-order valence-corrected chi connectivity index (χ3v) is 4.29. The van der Waals surface area contributed by atoms with Gasteiger partial charge in [0.1, 0.15) is 16.9 Å². The normalized spacial score (nSPS) is 11.2. The van der Waals surface area contributed by atoms with Crippen molar-refractivity contribution in [1.82, 2.24) is 0 Å². The summed E-state index contributed by atoms with van der Waals surface area (Å²) >= 11 is 0. The average molecular weight is 389 g/mol. The molecule has 0 saturated heterocycles. The van der Waals surface area contributed by atoms with Crippen molar-refractivity contribution in [3.8, 4) is 5.75 Å². The molecule has 0 atom stereocenters. The largest absolute Gasteiger partial charge is 0.495 e. The molecule has 4 aromatic rings. The average Bonchev–Trinajstić information content (AvgIpc) is 3.05. The fraction of sp³-hybridized carbons (Fsp3) is 0.0500. The van der Waals surface area contributed by atoms with Crippen molar-refractivity contribution in [3.05, 3.63) is 71.3 Å². The van der Waals surface area contributed by atoms with Crippen molar-refractivity contribution in [2.45, 2.75) is 0 Å². The van der Waals surface area contributed by atoms with E-state index in [9.17, 15) is 22.4 Å². The smallest absolute Gasteiger partial charge is 0.258 e. The van der Waals surface area contributed by atoms with Crippen LogP contribution in [0.4, 0.5) is 23.2 Å². The van der Waals surface area contributed by atoms with E-state index in [2.05, 4.69) is 5.32 Å². The molecule has 0 aliphatic carbocycles. The first-order chi connectivity index (χ1) is 13.4. The number of halogens is 4. The van der Waals surface area contributed by atoms with Crippen molar-refractivity contribution in [2.75, 3.05) is 12.4 Å². The van der Waals surface area contributed by atoms with E-state index >= 15 is 0 Å². The monoisotopic (exact) mass is 389 g/mol. The lowest BCUT2D eigenvalue weighted by Gasteiger charge is -2.11. The molecule has 1 heterocycles. The first-order valence-electron chi connectivity index (χ1n) is 8.04. The molecule has 4 nitrogen and oxygen atoms in total. The molecule has 0 bridgehead atoms. The molecule has 0 aliphatic heterocycles. The van der Waals surface area contributed by atoms with Crippen LogP contribution in [0.15, 0.2) is 46.9 Å². The zero-order valence-corrected chi connectivity index (χ0v) is 14.3. The molecule has 28 heavy (non-hydrogen) atoms. The number of fused-ring (bicyclic) bond motifs is 3. The molecule has 4 rings (SSSR count). The lowest BCUT2D eigenvalue weighted by molar-refractivity contribution is 0.102. The molecule has 1 amide bonds. The van der Waals surface area contributed by atoms with Gasteiger partial charge in [0, 0.05) is 16.8 Å². The van der Waals surface area contributed by atoms with Gasteiger partial charge in [-0.2, -0.15) is 0 Å². The SMILES string of the molecule is COc1cc2c(cc1NC(=O)c1cc(F)c(F)c(F)c1F)oc1ccccc12. The number of carbonyl (C=O) groups excluding carboxylic acids is 1. The zero-order chi connectivity index (χ0) is 20.0. The lowest BCUT2D eigenvalue weighted by Crippen LogP contribution is -2.16. The molecule has 0 fully saturated rings. The summed E-state index contributed by atoms with van der Waals surface area (Å²) in [7, 11) is 1.36. The van der Waals surface area contributed by atoms with E-state index in [0.717, 1.165) is 10.8 Å². The highest BCUT2D eigenvalue weighted by molar-refractivity contribution is 6.10. The Bertz CT molecular complexity index is 1250. The Labute approximate surface area is 155 Å². The summed E-state index contributed by atoms with van der Waals surface area (Å²) in [4.78, 5) is 12.3. The quantitative estimate of drug-likeness (QED) is 0.290. The highest BCUT2D eigenvalue weighted by atomic mass is 19.2. The van der Waals surface area contributed by atoms with Crippen molar-refractivity contribution in [1.29, 1.82) is 0 Å². The molecule has 3 aromatic carbocycles. The van der Waals surface area contributed by atoms with E-state index < -0.39 is 34.7 Å². The number of anilines is 1. The molecule has 1 N–H and O–H groups in total. The molecule has 0 unspecified atom stereocenters. The zero-order valence-electron chi connectivity index (χ0n) is 14.3. The Hall–Kier alpha value is -3.55. The van der Waals surface area contributed by atoms with E-state index in [0.29, 0.717) is 11.2 Å². The van der Waals surface area contributed by atoms with Crippen LogP contribution in [-0.4, -0.2) is 13.0 Å². The summed E-state index contributed by atoms with van der Waals surface area (Å²) in [5.41, 5.74) is 0.123. The second-order valence-electron chi connectivity index (χ2n) is 5.95. The standard InChI is InChI=1S/C20H11F4NO3/c1-27-16-7-10-9-4-2-3-5-14(9)28-15(10)8-13(16)25-20(26)11-6-12(21)18(23)19(24)17(11)22/h2-8H,1H3,(H,25,26). The molecule has 0 radical (unpaired) electrons. The van der Waals surface area contributed by atoms with Crippen LogP contribution in [0.25, 0.3) is 21.9 Å². The fourth-order valence-corrected chi connectivity index (χ4v) is 2.95. The van der Waals surface area contributed by atoms with Gasteiger partial charge in [-0.1, -0.05) is 18.2 Å². The van der Waals surface area contributed by atoms with Crippen molar-refractivity contribution >= 4 is 33.5 Å². The van der Waals surface area contributed by atoms with Gasteiger partial charge in [-0.25, -0.2) is 17.6 Å². The van der Waals surface area contributed by atoms with Crippen LogP contribution in [-0.2, 0) is 0 Å². The van der Waals surface area contributed by atoms with E-state index in [4.69, 9.17) is 9.15 Å². The van der Waals surface area contributed by atoms with E-state index in [1.54, 1.807) is 18.2 Å². The van der Waals surface area contributed by atoms with E-state index in [1.807, 2.05) is 12.1 Å². The van der Waals surface area contributed by atoms with E-state index in [-0.39, 0.29) is 17.5 Å². The van der Waals surface area contributed by atoms with Crippen molar-refractivity contribution in [3.63, 3.8) is 0 Å². The minimum Gasteiger partial charge on any atom is -0.495 e. The third kappa shape index (κ3) is 2.74. The van der Waals surface area contributed by atoms with Crippen LogP contribution in [0.5, 0.6) is 5.75 Å². The van der Waals surface area contributed by atoms with Gasteiger partial charge < -0.3 is 14.5 Å². The van der Waals surface area contributed by atoms with Crippen molar-refractivity contribution in [2.24, 2.45) is 0 Å². The first-order valence-corrected chi connectivity index (χ1v) is 8.04. The highest BCUT2D eigenvalue weighted by Crippen LogP contribution is 2.36. The summed E-state index contributed by atoms with van der Waals surface area (Å²) in [5.74, 6) is -8.48. The molecule has 0 saturated carbocycles. The number of nitrogens with one attached hydrogen (secondary N) is 1. The van der Waals surface area contributed by atoms with Gasteiger partial charge in [-0.3, -0.25) is 4.79 Å². The fourth-order valence-electron chi connectivity index (χ4n) is 2.95. The van der Waals surface area contributed by atoms with Crippen LogP contribution in [0.3, 0.4) is 0 Å². The molecule has 142 valence electrons. The molecule has 0 aliphatic rings. The predicted molar refractivity (Wildman–Crippen MR) is 94.5 cm³/mol. The van der Waals surface area contributed by atoms with Gasteiger partial charge in [0.25, 0.3) is 5.91 Å². The maximum Gasteiger partial charge on any atom is 0.258 e. The molecular formula is C20H11F4NO3. The summed E-state index contributed by atoms with van der Waals surface area (Å²) in [6, 6.07) is 10.6. The summed E-state index contributed by atoms with van der Waals surface area (Å²) in [6.45, 7) is 0. The third-order valence-electron chi connectivity index (χ3n) is 4.29. The lowest BCUT2D eigenvalue weighted by atomic mass is 10.1. The topological polar surface area (TPSA) is 51.5 Å². The Kier molecular flexibility index (Phi) is 4.18.